The van der Waals surface area contributed by atoms with Crippen LogP contribution in [0, 0.1) is 0 Å². The molecule has 0 N–H and O–H groups in total. The van der Waals surface area contributed by atoms with Gasteiger partial charge in [-0.05, 0) is 63.1 Å². The molecule has 0 amide bonds. The molecule has 2 rings (SSSR count). The van der Waals surface area contributed by atoms with Gasteiger partial charge >= 0.3 is 5.97 Å². The van der Waals surface area contributed by atoms with Crippen molar-refractivity contribution >= 4 is 27.4 Å². The van der Waals surface area contributed by atoms with Gasteiger partial charge in [-0.2, -0.15) is 0 Å². The monoisotopic (exact) mass is 424 g/mol. The standard InChI is InChI=1S/C21H25ClO5S/c1-5-11-28(24,25)17-8-6-7-15(12-17)18-13-16(22)9-10-19(18)26-14-20(23)27-21(2,3)4/h6-10,12-13H,5,11,14H2,1-4H3. The number of sulfone groups is 1. The highest BCUT2D eigenvalue weighted by molar-refractivity contribution is 7.91. The first-order valence-electron chi connectivity index (χ1n) is 8.99. The summed E-state index contributed by atoms with van der Waals surface area (Å²) in [6.45, 7) is 6.89. The van der Waals surface area contributed by atoms with Crippen molar-refractivity contribution in [2.24, 2.45) is 0 Å². The summed E-state index contributed by atoms with van der Waals surface area (Å²) in [6, 6.07) is 11.6. The number of carbonyl (C=O) groups excluding carboxylic acids is 1. The lowest BCUT2D eigenvalue weighted by molar-refractivity contribution is -0.157. The van der Waals surface area contributed by atoms with Crippen LogP contribution in [0.4, 0.5) is 0 Å². The van der Waals surface area contributed by atoms with Crippen molar-refractivity contribution in [3.8, 4) is 16.9 Å². The highest BCUT2D eigenvalue weighted by Gasteiger charge is 2.18. The Bertz CT molecular complexity index is 946. The van der Waals surface area contributed by atoms with Crippen LogP contribution in [0.25, 0.3) is 11.1 Å². The molecular formula is C21H25ClO5S. The van der Waals surface area contributed by atoms with Crippen LogP contribution >= 0.6 is 11.6 Å². The van der Waals surface area contributed by atoms with Gasteiger partial charge < -0.3 is 9.47 Å². The molecule has 0 saturated heterocycles. The Kier molecular flexibility index (Phi) is 7.12. The molecule has 0 heterocycles. The number of hydrogen-bond donors (Lipinski definition) is 0. The average Bonchev–Trinajstić information content (AvgIpc) is 2.59. The number of hydrogen-bond acceptors (Lipinski definition) is 5. The van der Waals surface area contributed by atoms with E-state index in [1.807, 2.05) is 6.92 Å². The minimum atomic E-state index is -3.36. The van der Waals surface area contributed by atoms with Gasteiger partial charge in [-0.25, -0.2) is 13.2 Å². The Labute approximate surface area is 171 Å². The number of carbonyl (C=O) groups is 1. The van der Waals surface area contributed by atoms with Crippen molar-refractivity contribution in [1.29, 1.82) is 0 Å². The van der Waals surface area contributed by atoms with Crippen LogP contribution in [0.2, 0.25) is 5.02 Å². The van der Waals surface area contributed by atoms with Gasteiger partial charge in [-0.1, -0.05) is 30.7 Å². The van der Waals surface area contributed by atoms with Gasteiger partial charge in [0.05, 0.1) is 10.6 Å². The summed E-state index contributed by atoms with van der Waals surface area (Å²) in [5.41, 5.74) is 0.633. The SMILES string of the molecule is CCCS(=O)(=O)c1cccc(-c2cc(Cl)ccc2OCC(=O)OC(C)(C)C)c1. The third-order valence-electron chi connectivity index (χ3n) is 3.68. The zero-order chi connectivity index (χ0) is 20.9. The van der Waals surface area contributed by atoms with E-state index < -0.39 is 21.4 Å². The number of esters is 1. The molecule has 0 saturated carbocycles. The summed E-state index contributed by atoms with van der Waals surface area (Å²) in [4.78, 5) is 12.2. The second-order valence-corrected chi connectivity index (χ2v) is 9.91. The maximum absolute atomic E-state index is 12.4. The van der Waals surface area contributed by atoms with Crippen molar-refractivity contribution in [3.63, 3.8) is 0 Å². The fourth-order valence-electron chi connectivity index (χ4n) is 2.60. The summed E-state index contributed by atoms with van der Waals surface area (Å²) in [6.07, 6.45) is 0.536. The van der Waals surface area contributed by atoms with Crippen molar-refractivity contribution in [3.05, 3.63) is 47.5 Å². The second kappa shape index (κ2) is 8.97. The normalized spacial score (nSPS) is 11.9. The molecule has 0 unspecified atom stereocenters. The molecule has 0 radical (unpaired) electrons. The van der Waals surface area contributed by atoms with Gasteiger partial charge in [0.2, 0.25) is 0 Å². The molecule has 0 bridgehead atoms. The Morgan fingerprint density at radius 1 is 1.11 bits per heavy atom. The molecule has 0 aliphatic rings. The molecule has 7 heteroatoms. The van der Waals surface area contributed by atoms with Crippen molar-refractivity contribution in [2.45, 2.75) is 44.6 Å². The minimum Gasteiger partial charge on any atom is -0.481 e. The van der Waals surface area contributed by atoms with Crippen LogP contribution in [-0.4, -0.2) is 32.3 Å². The van der Waals surface area contributed by atoms with E-state index in [9.17, 15) is 13.2 Å². The van der Waals surface area contributed by atoms with Gasteiger partial charge in [0.25, 0.3) is 0 Å². The predicted molar refractivity (Wildman–Crippen MR) is 111 cm³/mol. The van der Waals surface area contributed by atoms with E-state index in [2.05, 4.69) is 0 Å². The Morgan fingerprint density at radius 3 is 2.46 bits per heavy atom. The Morgan fingerprint density at radius 2 is 1.82 bits per heavy atom. The van der Waals surface area contributed by atoms with E-state index in [1.54, 1.807) is 63.2 Å². The number of benzene rings is 2. The van der Waals surface area contributed by atoms with Gasteiger partial charge in [-0.15, -0.1) is 0 Å². The minimum absolute atomic E-state index is 0.0774. The fourth-order valence-corrected chi connectivity index (χ4v) is 4.14. The summed E-state index contributed by atoms with van der Waals surface area (Å²) < 4.78 is 35.7. The van der Waals surface area contributed by atoms with Crippen molar-refractivity contribution < 1.29 is 22.7 Å². The molecule has 0 fully saturated rings. The number of ether oxygens (including phenoxy) is 2. The molecule has 2 aromatic rings. The maximum atomic E-state index is 12.4. The van der Waals surface area contributed by atoms with Gasteiger partial charge in [0.1, 0.15) is 11.4 Å². The predicted octanol–water partition coefficient (Wildman–Crippen LogP) is 4.91. The van der Waals surface area contributed by atoms with Crippen LogP contribution in [0.5, 0.6) is 5.75 Å². The maximum Gasteiger partial charge on any atom is 0.344 e. The van der Waals surface area contributed by atoms with E-state index in [0.29, 0.717) is 28.3 Å². The molecule has 5 nitrogen and oxygen atoms in total. The van der Waals surface area contributed by atoms with Gasteiger partial charge in [0, 0.05) is 10.6 Å². The lowest BCUT2D eigenvalue weighted by Crippen LogP contribution is -2.27. The molecule has 28 heavy (non-hydrogen) atoms. The third kappa shape index (κ3) is 6.24. The quantitative estimate of drug-likeness (QED) is 0.590. The molecule has 0 atom stereocenters. The Hall–Kier alpha value is -2.05. The molecule has 152 valence electrons. The topological polar surface area (TPSA) is 69.7 Å². The molecule has 0 aliphatic carbocycles. The van der Waals surface area contributed by atoms with Crippen molar-refractivity contribution in [1.82, 2.24) is 0 Å². The van der Waals surface area contributed by atoms with Crippen LogP contribution < -0.4 is 4.74 Å². The van der Waals surface area contributed by atoms with E-state index in [4.69, 9.17) is 21.1 Å². The largest absolute Gasteiger partial charge is 0.481 e. The lowest BCUT2D eigenvalue weighted by atomic mass is 10.0. The first-order valence-corrected chi connectivity index (χ1v) is 11.0. The van der Waals surface area contributed by atoms with E-state index in [-0.39, 0.29) is 17.3 Å². The summed E-state index contributed by atoms with van der Waals surface area (Å²) >= 11 is 6.13. The summed E-state index contributed by atoms with van der Waals surface area (Å²) in [7, 11) is -3.36. The van der Waals surface area contributed by atoms with Crippen LogP contribution in [0.3, 0.4) is 0 Å². The number of rotatable bonds is 7. The molecule has 0 spiro atoms. The molecule has 0 aromatic heterocycles. The molecule has 0 aliphatic heterocycles. The third-order valence-corrected chi connectivity index (χ3v) is 5.84. The highest BCUT2D eigenvalue weighted by Crippen LogP contribution is 2.34. The first kappa shape index (κ1) is 22.2. The van der Waals surface area contributed by atoms with Crippen LogP contribution in [0.1, 0.15) is 34.1 Å². The van der Waals surface area contributed by atoms with Crippen molar-refractivity contribution in [2.75, 3.05) is 12.4 Å². The Balaban J connectivity index is 2.34. The average molecular weight is 425 g/mol. The zero-order valence-electron chi connectivity index (χ0n) is 16.5. The summed E-state index contributed by atoms with van der Waals surface area (Å²) in [5.74, 6) is 0.00143. The fraction of sp³-hybridized carbons (Fsp3) is 0.381. The van der Waals surface area contributed by atoms with Crippen LogP contribution in [-0.2, 0) is 19.4 Å². The molecular weight excluding hydrogens is 400 g/mol. The first-order chi connectivity index (χ1) is 13.0. The second-order valence-electron chi connectivity index (χ2n) is 7.36. The van der Waals surface area contributed by atoms with Gasteiger partial charge in [-0.3, -0.25) is 0 Å². The molecule has 2 aromatic carbocycles. The van der Waals surface area contributed by atoms with E-state index >= 15 is 0 Å². The van der Waals surface area contributed by atoms with E-state index in [1.165, 1.54) is 0 Å². The van der Waals surface area contributed by atoms with Gasteiger partial charge in [0.15, 0.2) is 16.4 Å². The van der Waals surface area contributed by atoms with Crippen LogP contribution in [0.15, 0.2) is 47.4 Å². The summed E-state index contributed by atoms with van der Waals surface area (Å²) in [5, 5.41) is 0.474. The van der Waals surface area contributed by atoms with E-state index in [0.717, 1.165) is 0 Å². The number of halogens is 1. The highest BCUT2D eigenvalue weighted by atomic mass is 35.5. The lowest BCUT2D eigenvalue weighted by Gasteiger charge is -2.20. The smallest absolute Gasteiger partial charge is 0.344 e. The zero-order valence-corrected chi connectivity index (χ0v) is 18.1.